The number of primary amides is 1. The molecule has 2 N–H and O–H groups in total. The first-order valence-corrected chi connectivity index (χ1v) is 5.03. The molecule has 0 aliphatic rings. The molecule has 4 nitrogen and oxygen atoms in total. The summed E-state index contributed by atoms with van der Waals surface area (Å²) in [6.07, 6.45) is 0.765. The van der Waals surface area contributed by atoms with Crippen molar-refractivity contribution in [1.82, 2.24) is 9.38 Å². The van der Waals surface area contributed by atoms with Crippen molar-refractivity contribution in [3.8, 4) is 0 Å². The van der Waals surface area contributed by atoms with E-state index >= 15 is 0 Å². The van der Waals surface area contributed by atoms with E-state index in [0.717, 1.165) is 0 Å². The van der Waals surface area contributed by atoms with Gasteiger partial charge in [-0.05, 0) is 12.1 Å². The smallest absolute Gasteiger partial charge is 0.294 e. The van der Waals surface area contributed by atoms with Gasteiger partial charge in [-0.25, -0.2) is 4.98 Å². The third-order valence-electron chi connectivity index (χ3n) is 2.74. The number of para-hydroxylation sites is 1. The summed E-state index contributed by atoms with van der Waals surface area (Å²) >= 11 is 0. The van der Waals surface area contributed by atoms with E-state index in [-0.39, 0.29) is 0 Å². The molecule has 84 valence electrons. The SMILES string of the molecule is NC(=O)c1cc2cnc(F)n2c2ccccc12. The molecular formula is C12H8FN3O. The van der Waals surface area contributed by atoms with E-state index in [1.807, 2.05) is 0 Å². The summed E-state index contributed by atoms with van der Waals surface area (Å²) < 4.78 is 14.9. The number of nitrogens with two attached hydrogens (primary N) is 1. The van der Waals surface area contributed by atoms with Crippen LogP contribution in [0, 0.1) is 6.08 Å². The Bertz CT molecular complexity index is 748. The van der Waals surface area contributed by atoms with Crippen molar-refractivity contribution in [2.45, 2.75) is 0 Å². The maximum absolute atomic E-state index is 13.5. The number of rotatable bonds is 1. The van der Waals surface area contributed by atoms with Crippen molar-refractivity contribution in [3.63, 3.8) is 0 Å². The molecule has 2 aromatic heterocycles. The van der Waals surface area contributed by atoms with Gasteiger partial charge in [0.2, 0.25) is 5.91 Å². The Labute approximate surface area is 95.5 Å². The van der Waals surface area contributed by atoms with Gasteiger partial charge >= 0.3 is 0 Å². The fourth-order valence-electron chi connectivity index (χ4n) is 2.01. The van der Waals surface area contributed by atoms with Gasteiger partial charge in [-0.15, -0.1) is 0 Å². The molecule has 5 heteroatoms. The van der Waals surface area contributed by atoms with E-state index in [9.17, 15) is 9.18 Å². The highest BCUT2D eigenvalue weighted by molar-refractivity contribution is 6.06. The van der Waals surface area contributed by atoms with E-state index in [1.165, 1.54) is 10.6 Å². The fraction of sp³-hybridized carbons (Fsp3) is 0. The van der Waals surface area contributed by atoms with Gasteiger partial charge in [-0.1, -0.05) is 18.2 Å². The van der Waals surface area contributed by atoms with Crippen LogP contribution >= 0.6 is 0 Å². The van der Waals surface area contributed by atoms with E-state index in [0.29, 0.717) is 22.0 Å². The fourth-order valence-corrected chi connectivity index (χ4v) is 2.01. The van der Waals surface area contributed by atoms with Crippen LogP contribution in [-0.4, -0.2) is 15.3 Å². The van der Waals surface area contributed by atoms with Crippen LogP contribution in [0.15, 0.2) is 36.5 Å². The third-order valence-corrected chi connectivity index (χ3v) is 2.74. The summed E-state index contributed by atoms with van der Waals surface area (Å²) in [7, 11) is 0. The lowest BCUT2D eigenvalue weighted by atomic mass is 10.1. The topological polar surface area (TPSA) is 60.4 Å². The van der Waals surface area contributed by atoms with Gasteiger partial charge in [-0.2, -0.15) is 4.39 Å². The standard InChI is InChI=1S/C12H8FN3O/c13-12-15-6-7-5-9(11(14)17)8-3-1-2-4-10(8)16(7)12/h1-6H,(H2,14,17). The molecule has 0 bridgehead atoms. The number of fused-ring (bicyclic) bond motifs is 3. The molecule has 3 rings (SSSR count). The zero-order chi connectivity index (χ0) is 12.0. The van der Waals surface area contributed by atoms with Crippen molar-refractivity contribution in [2.75, 3.05) is 0 Å². The van der Waals surface area contributed by atoms with Crippen LogP contribution in [0.2, 0.25) is 0 Å². The Hall–Kier alpha value is -2.43. The summed E-state index contributed by atoms with van der Waals surface area (Å²) in [4.78, 5) is 15.0. The number of pyridine rings is 1. The third kappa shape index (κ3) is 1.29. The Kier molecular flexibility index (Phi) is 1.89. The molecule has 0 saturated carbocycles. The Morgan fingerprint density at radius 1 is 1.35 bits per heavy atom. The van der Waals surface area contributed by atoms with E-state index in [1.54, 1.807) is 30.3 Å². The molecular weight excluding hydrogens is 221 g/mol. The molecule has 3 aromatic rings. The number of carbonyl (C=O) groups excluding carboxylic acids is 1. The van der Waals surface area contributed by atoms with E-state index < -0.39 is 12.0 Å². The Morgan fingerprint density at radius 3 is 2.88 bits per heavy atom. The number of nitrogens with zero attached hydrogens (tertiary/aromatic N) is 2. The summed E-state index contributed by atoms with van der Waals surface area (Å²) in [6, 6.07) is 8.54. The lowest BCUT2D eigenvalue weighted by Gasteiger charge is -2.06. The highest BCUT2D eigenvalue weighted by Crippen LogP contribution is 2.22. The van der Waals surface area contributed by atoms with Crippen molar-refractivity contribution < 1.29 is 9.18 Å². The molecule has 17 heavy (non-hydrogen) atoms. The molecule has 0 saturated heterocycles. The van der Waals surface area contributed by atoms with Gasteiger partial charge < -0.3 is 5.73 Å². The number of amides is 1. The molecule has 1 amide bonds. The van der Waals surface area contributed by atoms with Crippen LogP contribution in [0.1, 0.15) is 10.4 Å². The van der Waals surface area contributed by atoms with Crippen LogP contribution in [0.4, 0.5) is 4.39 Å². The molecule has 0 aliphatic heterocycles. The lowest BCUT2D eigenvalue weighted by molar-refractivity contribution is 0.100. The Morgan fingerprint density at radius 2 is 2.12 bits per heavy atom. The highest BCUT2D eigenvalue weighted by Gasteiger charge is 2.13. The number of carbonyl (C=O) groups is 1. The summed E-state index contributed by atoms with van der Waals surface area (Å²) in [5.74, 6) is -0.537. The summed E-state index contributed by atoms with van der Waals surface area (Å²) in [5, 5.41) is 0.615. The van der Waals surface area contributed by atoms with E-state index in [2.05, 4.69) is 4.98 Å². The van der Waals surface area contributed by atoms with Gasteiger partial charge in [0.25, 0.3) is 6.08 Å². The highest BCUT2D eigenvalue weighted by atomic mass is 19.1. The molecule has 0 radical (unpaired) electrons. The predicted molar refractivity (Wildman–Crippen MR) is 61.2 cm³/mol. The minimum absolute atomic E-state index is 0.369. The van der Waals surface area contributed by atoms with Crippen molar-refractivity contribution in [1.29, 1.82) is 0 Å². The van der Waals surface area contributed by atoms with Crippen molar-refractivity contribution in [2.24, 2.45) is 5.73 Å². The zero-order valence-corrected chi connectivity index (χ0v) is 8.72. The van der Waals surface area contributed by atoms with Gasteiger partial charge in [-0.3, -0.25) is 9.20 Å². The second kappa shape index (κ2) is 3.28. The number of hydrogen-bond donors (Lipinski definition) is 1. The normalized spacial score (nSPS) is 11.1. The van der Waals surface area contributed by atoms with E-state index in [4.69, 9.17) is 5.73 Å². The minimum atomic E-state index is -0.604. The summed E-state index contributed by atoms with van der Waals surface area (Å²) in [6.45, 7) is 0. The molecule has 0 fully saturated rings. The average Bonchev–Trinajstić information content (AvgIpc) is 2.70. The van der Waals surface area contributed by atoms with Crippen molar-refractivity contribution >= 4 is 22.3 Å². The summed E-state index contributed by atoms with van der Waals surface area (Å²) in [5.41, 5.74) is 6.77. The number of aromatic nitrogens is 2. The monoisotopic (exact) mass is 229 g/mol. The largest absolute Gasteiger partial charge is 0.366 e. The predicted octanol–water partition coefficient (Wildman–Crippen LogP) is 1.73. The van der Waals surface area contributed by atoms with Crippen LogP contribution in [0.25, 0.3) is 16.4 Å². The second-order valence-corrected chi connectivity index (χ2v) is 3.73. The minimum Gasteiger partial charge on any atom is -0.366 e. The van der Waals surface area contributed by atoms with Gasteiger partial charge in [0.05, 0.1) is 22.8 Å². The Balaban J connectivity index is 2.61. The first kappa shape index (κ1) is 9.77. The maximum Gasteiger partial charge on any atom is 0.294 e. The quantitative estimate of drug-likeness (QED) is 0.690. The maximum atomic E-state index is 13.5. The molecule has 2 heterocycles. The first-order valence-electron chi connectivity index (χ1n) is 5.03. The lowest BCUT2D eigenvalue weighted by Crippen LogP contribution is -2.12. The second-order valence-electron chi connectivity index (χ2n) is 3.73. The van der Waals surface area contributed by atoms with Crippen LogP contribution in [0.5, 0.6) is 0 Å². The number of benzene rings is 1. The number of imidazole rings is 1. The van der Waals surface area contributed by atoms with Gasteiger partial charge in [0.15, 0.2) is 0 Å². The van der Waals surface area contributed by atoms with Crippen LogP contribution in [0.3, 0.4) is 0 Å². The number of halogens is 1. The van der Waals surface area contributed by atoms with Gasteiger partial charge in [0.1, 0.15) is 0 Å². The van der Waals surface area contributed by atoms with Crippen molar-refractivity contribution in [3.05, 3.63) is 48.2 Å². The number of hydrogen-bond acceptors (Lipinski definition) is 2. The molecule has 1 aromatic carbocycles. The van der Waals surface area contributed by atoms with Crippen LogP contribution in [-0.2, 0) is 0 Å². The molecule has 0 unspecified atom stereocenters. The molecule has 0 aliphatic carbocycles. The average molecular weight is 229 g/mol. The van der Waals surface area contributed by atoms with Crippen LogP contribution < -0.4 is 5.73 Å². The first-order chi connectivity index (χ1) is 8.18. The molecule has 0 spiro atoms. The zero-order valence-electron chi connectivity index (χ0n) is 8.72. The van der Waals surface area contributed by atoms with Gasteiger partial charge in [0, 0.05) is 5.39 Å². The molecule has 0 atom stereocenters.